The van der Waals surface area contributed by atoms with E-state index >= 15 is 0 Å². The quantitative estimate of drug-likeness (QED) is 0.240. The second kappa shape index (κ2) is 11.9. The number of hydrogen-bond acceptors (Lipinski definition) is 3. The molecule has 4 aromatic rings. The Bertz CT molecular complexity index is 1450. The molecule has 0 saturated heterocycles. The summed E-state index contributed by atoms with van der Waals surface area (Å²) in [6, 6.07) is 24.3. The minimum absolute atomic E-state index is 0.0188. The van der Waals surface area contributed by atoms with Crippen LogP contribution in [0.25, 0.3) is 22.2 Å². The number of rotatable bonds is 11. The van der Waals surface area contributed by atoms with Gasteiger partial charge in [0.1, 0.15) is 0 Å². The standard InChI is InChI=1S/C33H38N4O2/c1-4-36(5-2)21-10-20-34-29(38)19-22-37-32(25-11-6-7-12-26(25)33(37)39)30-27-13-8-9-14-28(27)35-31(30)24-17-15-23(3)16-18-24/h6-9,11-18,32,35H,4-5,10,19-22H2,1-3H3,(H,34,38)/t32-/m0/s1. The van der Waals surface area contributed by atoms with E-state index < -0.39 is 0 Å². The zero-order valence-electron chi connectivity index (χ0n) is 23.2. The van der Waals surface area contributed by atoms with E-state index in [4.69, 9.17) is 0 Å². The monoisotopic (exact) mass is 522 g/mol. The number of fused-ring (bicyclic) bond motifs is 2. The molecule has 2 N–H and O–H groups in total. The molecule has 2 amide bonds. The maximum absolute atomic E-state index is 13.7. The second-order valence-corrected chi connectivity index (χ2v) is 10.3. The first-order valence-corrected chi connectivity index (χ1v) is 14.1. The summed E-state index contributed by atoms with van der Waals surface area (Å²) >= 11 is 0. The third kappa shape index (κ3) is 5.48. The van der Waals surface area contributed by atoms with Crippen molar-refractivity contribution in [3.8, 4) is 11.3 Å². The first kappa shape index (κ1) is 26.7. The van der Waals surface area contributed by atoms with E-state index in [2.05, 4.69) is 72.4 Å². The maximum atomic E-state index is 13.7. The fourth-order valence-electron chi connectivity index (χ4n) is 5.69. The molecule has 1 aromatic heterocycles. The van der Waals surface area contributed by atoms with Crippen LogP contribution in [0.2, 0.25) is 0 Å². The predicted octanol–water partition coefficient (Wildman–Crippen LogP) is 5.93. The second-order valence-electron chi connectivity index (χ2n) is 10.3. The number of carbonyl (C=O) groups is 2. The number of amides is 2. The van der Waals surface area contributed by atoms with Gasteiger partial charge in [-0.1, -0.05) is 80.1 Å². The van der Waals surface area contributed by atoms with Crippen molar-refractivity contribution in [1.29, 1.82) is 0 Å². The predicted molar refractivity (Wildman–Crippen MR) is 158 cm³/mol. The van der Waals surface area contributed by atoms with E-state index in [0.717, 1.165) is 59.3 Å². The Morgan fingerprint density at radius 3 is 2.46 bits per heavy atom. The smallest absolute Gasteiger partial charge is 0.255 e. The van der Waals surface area contributed by atoms with Crippen LogP contribution in [-0.2, 0) is 4.79 Å². The van der Waals surface area contributed by atoms with Crippen molar-refractivity contribution >= 4 is 22.7 Å². The van der Waals surface area contributed by atoms with E-state index in [-0.39, 0.29) is 24.3 Å². The molecule has 0 spiro atoms. The highest BCUT2D eigenvalue weighted by Gasteiger charge is 2.40. The average Bonchev–Trinajstić information content (AvgIpc) is 3.47. The molecule has 1 atom stereocenters. The van der Waals surface area contributed by atoms with E-state index in [9.17, 15) is 9.59 Å². The maximum Gasteiger partial charge on any atom is 0.255 e. The van der Waals surface area contributed by atoms with Crippen LogP contribution in [-0.4, -0.2) is 59.3 Å². The van der Waals surface area contributed by atoms with Gasteiger partial charge in [-0.25, -0.2) is 0 Å². The van der Waals surface area contributed by atoms with Gasteiger partial charge in [0.05, 0.1) is 11.7 Å². The minimum atomic E-state index is -0.281. The van der Waals surface area contributed by atoms with Crippen LogP contribution in [0.5, 0.6) is 0 Å². The Labute approximate surface area is 231 Å². The first-order chi connectivity index (χ1) is 19.0. The lowest BCUT2D eigenvalue weighted by atomic mass is 9.93. The number of aryl methyl sites for hydroxylation is 1. The van der Waals surface area contributed by atoms with Gasteiger partial charge < -0.3 is 20.1 Å². The molecule has 0 aliphatic carbocycles. The third-order valence-electron chi connectivity index (χ3n) is 7.87. The molecule has 5 rings (SSSR count). The van der Waals surface area contributed by atoms with Gasteiger partial charge in [-0.2, -0.15) is 0 Å². The highest BCUT2D eigenvalue weighted by molar-refractivity contribution is 6.02. The number of H-pyrrole nitrogens is 1. The van der Waals surface area contributed by atoms with Gasteiger partial charge in [0.15, 0.2) is 0 Å². The van der Waals surface area contributed by atoms with Crippen LogP contribution in [0.3, 0.4) is 0 Å². The van der Waals surface area contributed by atoms with E-state index in [0.29, 0.717) is 18.7 Å². The largest absolute Gasteiger partial charge is 0.356 e. The van der Waals surface area contributed by atoms with Gasteiger partial charge in [-0.3, -0.25) is 9.59 Å². The lowest BCUT2D eigenvalue weighted by molar-refractivity contribution is -0.121. The van der Waals surface area contributed by atoms with Gasteiger partial charge in [0.25, 0.3) is 5.91 Å². The Morgan fingerprint density at radius 1 is 0.974 bits per heavy atom. The Morgan fingerprint density at radius 2 is 1.69 bits per heavy atom. The highest BCUT2D eigenvalue weighted by atomic mass is 16.2. The Balaban J connectivity index is 1.44. The molecule has 6 heteroatoms. The first-order valence-electron chi connectivity index (χ1n) is 14.1. The summed E-state index contributed by atoms with van der Waals surface area (Å²) in [5.74, 6) is -0.0418. The zero-order chi connectivity index (χ0) is 27.4. The molecule has 1 aliphatic heterocycles. The van der Waals surface area contributed by atoms with Crippen molar-refractivity contribution in [2.75, 3.05) is 32.7 Å². The summed E-state index contributed by atoms with van der Waals surface area (Å²) in [5, 5.41) is 4.15. The summed E-state index contributed by atoms with van der Waals surface area (Å²) in [6.07, 6.45) is 1.18. The molecular weight excluding hydrogens is 484 g/mol. The molecule has 0 bridgehead atoms. The Hall–Kier alpha value is -3.90. The summed E-state index contributed by atoms with van der Waals surface area (Å²) in [7, 11) is 0. The average molecular weight is 523 g/mol. The molecular formula is C33H38N4O2. The van der Waals surface area contributed by atoms with E-state index in [1.165, 1.54) is 5.56 Å². The van der Waals surface area contributed by atoms with Gasteiger partial charge in [0.2, 0.25) is 5.91 Å². The molecule has 0 fully saturated rings. The fourth-order valence-corrected chi connectivity index (χ4v) is 5.69. The number of hydrogen-bond donors (Lipinski definition) is 2. The van der Waals surface area contributed by atoms with E-state index in [1.807, 2.05) is 41.3 Å². The number of aromatic nitrogens is 1. The number of carbonyl (C=O) groups excluding carboxylic acids is 2. The van der Waals surface area contributed by atoms with Crippen LogP contribution in [0.15, 0.2) is 72.8 Å². The van der Waals surface area contributed by atoms with Crippen LogP contribution >= 0.6 is 0 Å². The molecule has 2 heterocycles. The number of aromatic amines is 1. The summed E-state index contributed by atoms with van der Waals surface area (Å²) in [4.78, 5) is 34.4. The van der Waals surface area contributed by atoms with Gasteiger partial charge in [-0.05, 0) is 56.2 Å². The number of nitrogens with one attached hydrogen (secondary N) is 2. The van der Waals surface area contributed by atoms with Gasteiger partial charge >= 0.3 is 0 Å². The number of benzene rings is 3. The summed E-state index contributed by atoms with van der Waals surface area (Å²) in [6.45, 7) is 10.4. The molecule has 3 aromatic carbocycles. The zero-order valence-corrected chi connectivity index (χ0v) is 23.2. The van der Waals surface area contributed by atoms with Gasteiger partial charge in [0, 0.05) is 41.5 Å². The number of para-hydroxylation sites is 1. The molecule has 6 nitrogen and oxygen atoms in total. The van der Waals surface area contributed by atoms with Gasteiger partial charge in [-0.15, -0.1) is 0 Å². The van der Waals surface area contributed by atoms with Crippen LogP contribution < -0.4 is 5.32 Å². The minimum Gasteiger partial charge on any atom is -0.356 e. The van der Waals surface area contributed by atoms with Crippen molar-refractivity contribution in [1.82, 2.24) is 20.1 Å². The topological polar surface area (TPSA) is 68.4 Å². The molecule has 1 aliphatic rings. The molecule has 0 saturated carbocycles. The van der Waals surface area contributed by atoms with Crippen LogP contribution in [0, 0.1) is 6.92 Å². The van der Waals surface area contributed by atoms with Crippen molar-refractivity contribution in [2.24, 2.45) is 0 Å². The molecule has 202 valence electrons. The highest BCUT2D eigenvalue weighted by Crippen LogP contribution is 2.45. The molecule has 39 heavy (non-hydrogen) atoms. The third-order valence-corrected chi connectivity index (χ3v) is 7.87. The SMILES string of the molecule is CCN(CC)CCCNC(=O)CCN1C(=O)c2ccccc2[C@H]1c1c(-c2ccc(C)cc2)[nH]c2ccccc12. The molecule has 0 radical (unpaired) electrons. The van der Waals surface area contributed by atoms with E-state index in [1.54, 1.807) is 0 Å². The lowest BCUT2D eigenvalue weighted by Gasteiger charge is -2.26. The Kier molecular flexibility index (Phi) is 8.13. The number of nitrogens with zero attached hydrogens (tertiary/aromatic N) is 2. The summed E-state index contributed by atoms with van der Waals surface area (Å²) < 4.78 is 0. The van der Waals surface area contributed by atoms with Crippen LogP contribution in [0.1, 0.15) is 59.8 Å². The van der Waals surface area contributed by atoms with Crippen molar-refractivity contribution in [3.63, 3.8) is 0 Å². The van der Waals surface area contributed by atoms with Crippen molar-refractivity contribution in [2.45, 2.75) is 39.7 Å². The van der Waals surface area contributed by atoms with Crippen molar-refractivity contribution in [3.05, 3.63) is 95.1 Å². The molecule has 0 unspecified atom stereocenters. The van der Waals surface area contributed by atoms with Crippen molar-refractivity contribution < 1.29 is 9.59 Å². The lowest BCUT2D eigenvalue weighted by Crippen LogP contribution is -2.35. The normalized spacial score (nSPS) is 14.8. The summed E-state index contributed by atoms with van der Waals surface area (Å²) in [5.41, 5.74) is 7.09. The van der Waals surface area contributed by atoms with Crippen LogP contribution in [0.4, 0.5) is 0 Å². The fraction of sp³-hybridized carbons (Fsp3) is 0.333.